The molecule has 0 bridgehead atoms. The summed E-state index contributed by atoms with van der Waals surface area (Å²) in [4.78, 5) is 27.9. The number of benzene rings is 1. The first-order valence-electron chi connectivity index (χ1n) is 12.2. The summed E-state index contributed by atoms with van der Waals surface area (Å²) in [6.07, 6.45) is 8.98. The number of rotatable bonds is 6. The van der Waals surface area contributed by atoms with Gasteiger partial charge in [-0.1, -0.05) is 57.0 Å². The molecule has 4 rings (SSSR count). The van der Waals surface area contributed by atoms with E-state index >= 15 is 0 Å². The highest BCUT2D eigenvalue weighted by Gasteiger charge is 2.48. The van der Waals surface area contributed by atoms with Crippen LogP contribution in [0.4, 0.5) is 0 Å². The van der Waals surface area contributed by atoms with Crippen molar-refractivity contribution in [2.24, 2.45) is 23.7 Å². The third-order valence-corrected chi connectivity index (χ3v) is 8.18. The van der Waals surface area contributed by atoms with Gasteiger partial charge in [0.1, 0.15) is 0 Å². The molecule has 0 spiro atoms. The Labute approximate surface area is 194 Å². The summed E-state index contributed by atoms with van der Waals surface area (Å²) in [6.45, 7) is 3.94. The molecule has 178 valence electrons. The average Bonchev–Trinajstić information content (AvgIpc) is 3.17. The normalized spacial score (nSPS) is 29.4. The van der Waals surface area contributed by atoms with Crippen LogP contribution in [0.5, 0.6) is 0 Å². The van der Waals surface area contributed by atoms with Crippen LogP contribution < -0.4 is 5.32 Å². The monoisotopic (exact) mass is 442 g/mol. The Balaban J connectivity index is 0.00000289. The highest BCUT2D eigenvalue weighted by atomic mass is 16.5. The minimum atomic E-state index is -0.189. The Morgan fingerprint density at radius 1 is 1.09 bits per heavy atom. The second kappa shape index (κ2) is 11.3. The van der Waals surface area contributed by atoms with Gasteiger partial charge in [-0.3, -0.25) is 14.5 Å². The highest BCUT2D eigenvalue weighted by molar-refractivity contribution is 5.83. The molecule has 3 fully saturated rings. The summed E-state index contributed by atoms with van der Waals surface area (Å²) in [7, 11) is 1.46. The number of piperidine rings is 1. The maximum absolute atomic E-state index is 13.2. The van der Waals surface area contributed by atoms with Crippen LogP contribution in [0.25, 0.3) is 0 Å². The summed E-state index contributed by atoms with van der Waals surface area (Å²) < 4.78 is 5.09. The predicted octanol–water partition coefficient (Wildman–Crippen LogP) is 4.45. The SMILES string of the molecule is C.COC(=O)C1CC2CCCCC2C1NC(=O)C(C)N1CCC(Cc2ccccc2)CC1. The number of carbonyl (C=O) groups excluding carboxylic acids is 2. The van der Waals surface area contributed by atoms with Gasteiger partial charge in [0, 0.05) is 6.04 Å². The lowest BCUT2D eigenvalue weighted by molar-refractivity contribution is -0.146. The zero-order chi connectivity index (χ0) is 21.8. The fourth-order valence-corrected chi connectivity index (χ4v) is 6.32. The third-order valence-electron chi connectivity index (χ3n) is 8.18. The Morgan fingerprint density at radius 3 is 2.47 bits per heavy atom. The van der Waals surface area contributed by atoms with E-state index in [2.05, 4.69) is 40.5 Å². The number of nitrogens with one attached hydrogen (secondary N) is 1. The standard InChI is InChI=1S/C26H38N2O3.CH4/c1-18(28-14-12-20(13-15-28)16-19-8-4-3-5-9-19)25(29)27-24-22-11-7-6-10-21(22)17-23(24)26(30)31-2;/h3-5,8-9,18,20-24H,6-7,10-17H2,1-2H3,(H,27,29);1H4. The van der Waals surface area contributed by atoms with Crippen LogP contribution in [-0.4, -0.2) is 49.1 Å². The Morgan fingerprint density at radius 2 is 1.78 bits per heavy atom. The van der Waals surface area contributed by atoms with Gasteiger partial charge < -0.3 is 10.1 Å². The quantitative estimate of drug-likeness (QED) is 0.661. The summed E-state index contributed by atoms with van der Waals surface area (Å²) in [5.74, 6) is 1.39. The molecule has 5 heteroatoms. The summed E-state index contributed by atoms with van der Waals surface area (Å²) in [5, 5.41) is 3.31. The van der Waals surface area contributed by atoms with Crippen molar-refractivity contribution in [1.82, 2.24) is 10.2 Å². The lowest BCUT2D eigenvalue weighted by atomic mass is 9.80. The molecule has 1 aliphatic heterocycles. The summed E-state index contributed by atoms with van der Waals surface area (Å²) in [5.41, 5.74) is 1.41. The van der Waals surface area contributed by atoms with Gasteiger partial charge in [-0.2, -0.15) is 0 Å². The van der Waals surface area contributed by atoms with Gasteiger partial charge in [-0.05, 0) is 75.4 Å². The maximum atomic E-state index is 13.2. The van der Waals surface area contributed by atoms with Crippen LogP contribution >= 0.6 is 0 Å². The molecule has 1 aromatic carbocycles. The number of likely N-dealkylation sites (tertiary alicyclic amines) is 1. The Bertz CT molecular complexity index is 745. The van der Waals surface area contributed by atoms with Gasteiger partial charge >= 0.3 is 5.97 Å². The molecular weight excluding hydrogens is 400 g/mol. The van der Waals surface area contributed by atoms with E-state index in [1.807, 2.05) is 6.92 Å². The average molecular weight is 443 g/mol. The van der Waals surface area contributed by atoms with Crippen molar-refractivity contribution in [3.8, 4) is 0 Å². The number of hydrogen-bond acceptors (Lipinski definition) is 4. The van der Waals surface area contributed by atoms with E-state index in [9.17, 15) is 9.59 Å². The number of methoxy groups -OCH3 is 1. The molecule has 3 aliphatic rings. The summed E-state index contributed by atoms with van der Waals surface area (Å²) in [6, 6.07) is 10.5. The van der Waals surface area contributed by atoms with Crippen molar-refractivity contribution in [1.29, 1.82) is 0 Å². The summed E-state index contributed by atoms with van der Waals surface area (Å²) >= 11 is 0. The number of carbonyl (C=O) groups is 2. The molecule has 1 heterocycles. The molecule has 1 amide bonds. The number of esters is 1. The second-order valence-corrected chi connectivity index (χ2v) is 9.95. The highest BCUT2D eigenvalue weighted by Crippen LogP contribution is 2.45. The fourth-order valence-electron chi connectivity index (χ4n) is 6.32. The number of nitrogens with zero attached hydrogens (tertiary/aromatic N) is 1. The van der Waals surface area contributed by atoms with Crippen LogP contribution in [0, 0.1) is 23.7 Å². The molecule has 2 aliphatic carbocycles. The molecule has 5 atom stereocenters. The van der Waals surface area contributed by atoms with Gasteiger partial charge in [0.25, 0.3) is 0 Å². The minimum absolute atomic E-state index is 0. The van der Waals surface area contributed by atoms with Crippen molar-refractivity contribution >= 4 is 11.9 Å². The predicted molar refractivity (Wildman–Crippen MR) is 128 cm³/mol. The van der Waals surface area contributed by atoms with Crippen molar-refractivity contribution in [2.45, 2.75) is 77.8 Å². The Kier molecular flexibility index (Phi) is 8.75. The second-order valence-electron chi connectivity index (χ2n) is 9.95. The topological polar surface area (TPSA) is 58.6 Å². The van der Waals surface area contributed by atoms with Crippen molar-refractivity contribution < 1.29 is 14.3 Å². The number of amides is 1. The van der Waals surface area contributed by atoms with Crippen LogP contribution in [0.2, 0.25) is 0 Å². The molecule has 0 radical (unpaired) electrons. The van der Waals surface area contributed by atoms with E-state index in [-0.39, 0.29) is 37.3 Å². The van der Waals surface area contributed by atoms with E-state index in [1.54, 1.807) is 0 Å². The van der Waals surface area contributed by atoms with E-state index in [4.69, 9.17) is 4.74 Å². The molecule has 0 aromatic heterocycles. The van der Waals surface area contributed by atoms with Crippen LogP contribution in [0.1, 0.15) is 64.9 Å². The first-order chi connectivity index (χ1) is 15.1. The number of ether oxygens (including phenoxy) is 1. The van der Waals surface area contributed by atoms with E-state index in [1.165, 1.54) is 31.9 Å². The first-order valence-corrected chi connectivity index (χ1v) is 12.2. The van der Waals surface area contributed by atoms with Gasteiger partial charge in [-0.25, -0.2) is 0 Å². The van der Waals surface area contributed by atoms with Crippen molar-refractivity contribution in [3.63, 3.8) is 0 Å². The van der Waals surface area contributed by atoms with E-state index < -0.39 is 0 Å². The van der Waals surface area contributed by atoms with Crippen molar-refractivity contribution in [3.05, 3.63) is 35.9 Å². The third kappa shape index (κ3) is 5.54. The molecule has 1 aromatic rings. The van der Waals surface area contributed by atoms with Gasteiger partial charge in [0.05, 0.1) is 19.1 Å². The lowest BCUT2D eigenvalue weighted by Crippen LogP contribution is -2.53. The smallest absolute Gasteiger partial charge is 0.310 e. The van der Waals surface area contributed by atoms with E-state index in [0.717, 1.165) is 45.2 Å². The molecule has 2 saturated carbocycles. The van der Waals surface area contributed by atoms with Crippen molar-refractivity contribution in [2.75, 3.05) is 20.2 Å². The molecule has 5 nitrogen and oxygen atoms in total. The zero-order valence-corrected chi connectivity index (χ0v) is 19.1. The Hall–Kier alpha value is -1.88. The van der Waals surface area contributed by atoms with Gasteiger partial charge in [0.15, 0.2) is 0 Å². The zero-order valence-electron chi connectivity index (χ0n) is 19.1. The molecule has 5 unspecified atom stereocenters. The van der Waals surface area contributed by atoms with Gasteiger partial charge in [-0.15, -0.1) is 0 Å². The number of fused-ring (bicyclic) bond motifs is 1. The molecule has 1 N–H and O–H groups in total. The van der Waals surface area contributed by atoms with E-state index in [0.29, 0.717) is 17.8 Å². The van der Waals surface area contributed by atoms with Crippen LogP contribution in [0.15, 0.2) is 30.3 Å². The molecule has 1 saturated heterocycles. The number of hydrogen-bond donors (Lipinski definition) is 1. The lowest BCUT2D eigenvalue weighted by Gasteiger charge is -2.37. The van der Waals surface area contributed by atoms with Crippen LogP contribution in [-0.2, 0) is 20.7 Å². The molecule has 32 heavy (non-hydrogen) atoms. The minimum Gasteiger partial charge on any atom is -0.469 e. The fraction of sp³-hybridized carbons (Fsp3) is 0.704. The maximum Gasteiger partial charge on any atom is 0.310 e. The van der Waals surface area contributed by atoms with Gasteiger partial charge in [0.2, 0.25) is 5.91 Å². The first kappa shape index (κ1) is 24.8. The molecular formula is C27H42N2O3. The van der Waals surface area contributed by atoms with Crippen LogP contribution in [0.3, 0.4) is 0 Å². The largest absolute Gasteiger partial charge is 0.469 e.